The third-order valence-electron chi connectivity index (χ3n) is 2.81. The summed E-state index contributed by atoms with van der Waals surface area (Å²) < 4.78 is 22.6. The summed E-state index contributed by atoms with van der Waals surface area (Å²) in [5.74, 6) is -0.756. The molecular weight excluding hydrogens is 263 g/mol. The lowest BCUT2D eigenvalue weighted by Gasteiger charge is -2.24. The first-order valence-corrected chi connectivity index (χ1v) is 8.67. The highest BCUT2D eigenvalue weighted by atomic mass is 31.2. The fraction of sp³-hybridized carbons (Fsp3) is 0.857. The van der Waals surface area contributed by atoms with Gasteiger partial charge in [0, 0.05) is 0 Å². The molecule has 1 N–H and O–H groups in total. The highest BCUT2D eigenvalue weighted by molar-refractivity contribution is 7.54. The van der Waals surface area contributed by atoms with Gasteiger partial charge in [-0.3, -0.25) is 4.57 Å². The minimum atomic E-state index is -3.38. The van der Waals surface area contributed by atoms with E-state index in [4.69, 9.17) is 9.05 Å². The molecular formula is C14H29O4P. The van der Waals surface area contributed by atoms with Crippen LogP contribution < -0.4 is 0 Å². The fourth-order valence-electron chi connectivity index (χ4n) is 1.83. The Morgan fingerprint density at radius 2 is 1.79 bits per heavy atom. The summed E-state index contributed by atoms with van der Waals surface area (Å²) >= 11 is 0. The first kappa shape index (κ1) is 18.9. The van der Waals surface area contributed by atoms with Gasteiger partial charge in [0.05, 0.1) is 13.2 Å². The predicted octanol–water partition coefficient (Wildman–Crippen LogP) is 4.34. The van der Waals surface area contributed by atoms with Crippen LogP contribution in [-0.2, 0) is 13.6 Å². The van der Waals surface area contributed by atoms with Crippen LogP contribution in [0.3, 0.4) is 0 Å². The van der Waals surface area contributed by atoms with E-state index in [9.17, 15) is 9.67 Å². The Balaban J connectivity index is 4.34. The molecule has 0 saturated heterocycles. The van der Waals surface area contributed by atoms with Gasteiger partial charge in [0.25, 0.3) is 0 Å². The molecule has 0 rings (SSSR count). The first-order chi connectivity index (χ1) is 8.85. The van der Waals surface area contributed by atoms with E-state index >= 15 is 0 Å². The summed E-state index contributed by atoms with van der Waals surface area (Å²) in [6, 6.07) is 0. The Morgan fingerprint density at radius 1 is 1.26 bits per heavy atom. The van der Waals surface area contributed by atoms with Crippen molar-refractivity contribution in [1.29, 1.82) is 0 Å². The molecule has 0 fully saturated rings. The zero-order valence-electron chi connectivity index (χ0n) is 12.9. The third kappa shape index (κ3) is 7.88. The van der Waals surface area contributed by atoms with Gasteiger partial charge in [-0.15, -0.1) is 0 Å². The highest BCUT2D eigenvalue weighted by Crippen LogP contribution is 2.53. The van der Waals surface area contributed by atoms with Crippen molar-refractivity contribution in [1.82, 2.24) is 0 Å². The number of rotatable bonds is 10. The van der Waals surface area contributed by atoms with Crippen LogP contribution in [0.5, 0.6) is 0 Å². The van der Waals surface area contributed by atoms with Gasteiger partial charge < -0.3 is 14.2 Å². The molecule has 0 bridgehead atoms. The maximum atomic E-state index is 12.3. The number of hydrogen-bond donors (Lipinski definition) is 1. The number of allylic oxidation sites excluding steroid dienone is 2. The molecule has 2 unspecified atom stereocenters. The van der Waals surface area contributed by atoms with Crippen molar-refractivity contribution in [2.24, 2.45) is 5.92 Å². The molecule has 0 aliphatic rings. The summed E-state index contributed by atoms with van der Waals surface area (Å²) in [5, 5.41) is 10.1. The topological polar surface area (TPSA) is 55.8 Å². The van der Waals surface area contributed by atoms with Crippen LogP contribution in [0.4, 0.5) is 0 Å². The second kappa shape index (κ2) is 9.71. The van der Waals surface area contributed by atoms with Crippen molar-refractivity contribution in [3.63, 3.8) is 0 Å². The molecule has 2 atom stereocenters. The largest absolute Gasteiger partial charge is 0.380 e. The minimum absolute atomic E-state index is 0.278. The number of aliphatic hydroxyl groups is 1. The fourth-order valence-corrected chi connectivity index (χ4v) is 3.59. The predicted molar refractivity (Wildman–Crippen MR) is 79.3 cm³/mol. The second-order valence-electron chi connectivity index (χ2n) is 5.06. The van der Waals surface area contributed by atoms with Crippen LogP contribution in [0, 0.1) is 5.92 Å². The van der Waals surface area contributed by atoms with Gasteiger partial charge in [-0.1, -0.05) is 18.6 Å². The molecule has 0 radical (unpaired) electrons. The third-order valence-corrected chi connectivity index (χ3v) is 4.99. The van der Waals surface area contributed by atoms with Crippen molar-refractivity contribution in [3.8, 4) is 0 Å². The Labute approximate surface area is 117 Å². The maximum absolute atomic E-state index is 12.3. The summed E-state index contributed by atoms with van der Waals surface area (Å²) in [7, 11) is -3.38. The Morgan fingerprint density at radius 3 is 2.21 bits per heavy atom. The first-order valence-electron chi connectivity index (χ1n) is 7.05. The molecule has 0 spiro atoms. The van der Waals surface area contributed by atoms with E-state index in [-0.39, 0.29) is 19.1 Å². The molecule has 0 amide bonds. The van der Waals surface area contributed by atoms with Crippen molar-refractivity contribution >= 4 is 7.60 Å². The van der Waals surface area contributed by atoms with E-state index < -0.39 is 13.4 Å². The van der Waals surface area contributed by atoms with Crippen LogP contribution in [0.1, 0.15) is 53.9 Å². The van der Waals surface area contributed by atoms with Gasteiger partial charge in [-0.25, -0.2) is 0 Å². The van der Waals surface area contributed by atoms with Crippen LogP contribution in [-0.4, -0.2) is 24.2 Å². The summed E-state index contributed by atoms with van der Waals surface area (Å²) in [6.45, 7) is 10.2. The van der Waals surface area contributed by atoms with Gasteiger partial charge in [-0.2, -0.15) is 0 Å². The lowest BCUT2D eigenvalue weighted by atomic mass is 10.0. The van der Waals surface area contributed by atoms with E-state index in [1.165, 1.54) is 5.57 Å². The molecule has 0 aliphatic carbocycles. The van der Waals surface area contributed by atoms with Crippen LogP contribution in [0.25, 0.3) is 0 Å². The van der Waals surface area contributed by atoms with Crippen LogP contribution in [0.15, 0.2) is 11.6 Å². The average Bonchev–Trinajstić information content (AvgIpc) is 2.28. The normalized spacial score (nSPS) is 15.1. The van der Waals surface area contributed by atoms with Crippen molar-refractivity contribution < 1.29 is 18.7 Å². The molecule has 0 aromatic heterocycles. The average molecular weight is 292 g/mol. The van der Waals surface area contributed by atoms with Crippen molar-refractivity contribution in [2.45, 2.75) is 59.7 Å². The van der Waals surface area contributed by atoms with Gasteiger partial charge in [-0.05, 0) is 52.9 Å². The molecule has 0 saturated carbocycles. The SMILES string of the molecule is CCOP(=O)(OCC)C(O)CC(C)CCC=C(C)C. The molecule has 19 heavy (non-hydrogen) atoms. The van der Waals surface area contributed by atoms with E-state index in [1.54, 1.807) is 13.8 Å². The van der Waals surface area contributed by atoms with E-state index in [0.717, 1.165) is 12.8 Å². The quantitative estimate of drug-likeness (QED) is 0.480. The van der Waals surface area contributed by atoms with E-state index in [2.05, 4.69) is 19.9 Å². The molecule has 114 valence electrons. The van der Waals surface area contributed by atoms with Gasteiger partial charge >= 0.3 is 7.60 Å². The minimum Gasteiger partial charge on any atom is -0.380 e. The van der Waals surface area contributed by atoms with Gasteiger partial charge in [0.2, 0.25) is 0 Å². The van der Waals surface area contributed by atoms with E-state index in [1.807, 2.05) is 6.92 Å². The lowest BCUT2D eigenvalue weighted by Crippen LogP contribution is -2.16. The number of hydrogen-bond acceptors (Lipinski definition) is 4. The molecule has 4 nitrogen and oxygen atoms in total. The highest BCUT2D eigenvalue weighted by Gasteiger charge is 2.34. The smallest absolute Gasteiger partial charge is 0.358 e. The summed E-state index contributed by atoms with van der Waals surface area (Å²) in [4.78, 5) is 0. The standard InChI is InChI=1S/C14H29O4P/c1-6-17-19(16,18-7-2)14(15)11-13(5)10-8-9-12(3)4/h9,13-15H,6-8,10-11H2,1-5H3. The van der Waals surface area contributed by atoms with E-state index in [0.29, 0.717) is 6.42 Å². The molecule has 0 aliphatic heterocycles. The zero-order chi connectivity index (χ0) is 14.9. The monoisotopic (exact) mass is 292 g/mol. The lowest BCUT2D eigenvalue weighted by molar-refractivity contribution is 0.133. The molecule has 0 heterocycles. The van der Waals surface area contributed by atoms with Crippen molar-refractivity contribution in [2.75, 3.05) is 13.2 Å². The van der Waals surface area contributed by atoms with Crippen LogP contribution >= 0.6 is 7.60 Å². The van der Waals surface area contributed by atoms with Gasteiger partial charge in [0.15, 0.2) is 5.85 Å². The molecule has 0 aromatic rings. The van der Waals surface area contributed by atoms with Gasteiger partial charge in [0.1, 0.15) is 0 Å². The zero-order valence-corrected chi connectivity index (χ0v) is 13.8. The number of aliphatic hydroxyl groups excluding tert-OH is 1. The Hall–Kier alpha value is -0.150. The summed E-state index contributed by atoms with van der Waals surface area (Å²) in [5.41, 5.74) is 1.29. The molecule has 5 heteroatoms. The second-order valence-corrected chi connectivity index (χ2v) is 7.25. The summed E-state index contributed by atoms with van der Waals surface area (Å²) in [6.07, 6.45) is 4.55. The maximum Gasteiger partial charge on any atom is 0.358 e. The Kier molecular flexibility index (Phi) is 9.63. The van der Waals surface area contributed by atoms with Crippen LogP contribution in [0.2, 0.25) is 0 Å². The molecule has 0 aromatic carbocycles. The Bertz CT molecular complexity index is 301. The van der Waals surface area contributed by atoms with Crippen molar-refractivity contribution in [3.05, 3.63) is 11.6 Å².